The molecule has 2 N–H and O–H groups in total. The molecule has 1 aromatic rings. The summed E-state index contributed by atoms with van der Waals surface area (Å²) in [7, 11) is 1.59. The van der Waals surface area contributed by atoms with Gasteiger partial charge in [0, 0.05) is 5.71 Å². The number of hydrazone groups is 1. The van der Waals surface area contributed by atoms with E-state index in [4.69, 9.17) is 22.2 Å². The normalized spacial score (nSPS) is 10.4. The van der Waals surface area contributed by atoms with Crippen molar-refractivity contribution in [2.45, 2.75) is 13.3 Å². The molecule has 0 saturated heterocycles. The highest BCUT2D eigenvalue weighted by atomic mass is 32.1. The first-order chi connectivity index (χ1) is 8.67. The smallest absolute Gasteiger partial charge is 0.191 e. The second-order valence-corrected chi connectivity index (χ2v) is 3.86. The number of hydrogen-bond donors (Lipinski definition) is 2. The molecule has 0 bridgehead atoms. The van der Waals surface area contributed by atoms with E-state index in [1.807, 2.05) is 30.3 Å². The molecule has 0 spiro atoms. The number of rotatable bonds is 4. The summed E-state index contributed by atoms with van der Waals surface area (Å²) in [5.41, 5.74) is 4.09. The van der Waals surface area contributed by atoms with E-state index in [-0.39, 0.29) is 6.42 Å². The Morgan fingerprint density at radius 3 is 2.89 bits per heavy atom. The summed E-state index contributed by atoms with van der Waals surface area (Å²) in [4.78, 5) is 0. The monoisotopic (exact) mass is 262 g/mol. The van der Waals surface area contributed by atoms with Crippen LogP contribution in [0.1, 0.15) is 13.3 Å². The van der Waals surface area contributed by atoms with Crippen molar-refractivity contribution in [2.24, 2.45) is 5.10 Å². The summed E-state index contributed by atoms with van der Waals surface area (Å²) in [6.07, 6.45) is 0.268. The van der Waals surface area contributed by atoms with Crippen LogP contribution in [0.15, 0.2) is 29.4 Å². The standard InChI is InChI=1S/C12H14N4OS/c1-9(7-8-13)15-16-12(18)14-10-5-3-4-6-11(10)17-2/h3-6H,7H2,1-2H3,(H2,14,16,18)/b15-9+. The molecule has 0 aliphatic carbocycles. The molecule has 0 atom stereocenters. The number of hydrogen-bond acceptors (Lipinski definition) is 4. The first kappa shape index (κ1) is 13.9. The van der Waals surface area contributed by atoms with Crippen LogP contribution in [0.3, 0.4) is 0 Å². The van der Waals surface area contributed by atoms with Gasteiger partial charge in [-0.2, -0.15) is 10.4 Å². The highest BCUT2D eigenvalue weighted by Gasteiger charge is 2.02. The zero-order valence-electron chi connectivity index (χ0n) is 10.2. The SMILES string of the molecule is COc1ccccc1NC(=S)N/N=C(\C)CC#N. The van der Waals surface area contributed by atoms with Gasteiger partial charge in [0.1, 0.15) is 5.75 Å². The zero-order valence-corrected chi connectivity index (χ0v) is 11.0. The molecule has 0 saturated carbocycles. The average molecular weight is 262 g/mol. The lowest BCUT2D eigenvalue weighted by atomic mass is 10.3. The van der Waals surface area contributed by atoms with Crippen molar-refractivity contribution >= 4 is 28.7 Å². The topological polar surface area (TPSA) is 69.4 Å². The van der Waals surface area contributed by atoms with E-state index in [0.717, 1.165) is 5.69 Å². The molecule has 5 nitrogen and oxygen atoms in total. The van der Waals surface area contributed by atoms with Gasteiger partial charge < -0.3 is 10.1 Å². The van der Waals surface area contributed by atoms with Gasteiger partial charge in [0.2, 0.25) is 0 Å². The lowest BCUT2D eigenvalue weighted by Crippen LogP contribution is -2.25. The Balaban J connectivity index is 2.60. The van der Waals surface area contributed by atoms with E-state index >= 15 is 0 Å². The first-order valence-electron chi connectivity index (χ1n) is 5.27. The van der Waals surface area contributed by atoms with Gasteiger partial charge >= 0.3 is 0 Å². The molecule has 18 heavy (non-hydrogen) atoms. The molecule has 0 amide bonds. The Morgan fingerprint density at radius 2 is 2.22 bits per heavy atom. The molecule has 6 heteroatoms. The molecule has 0 aliphatic rings. The summed E-state index contributed by atoms with van der Waals surface area (Å²) >= 11 is 5.08. The maximum Gasteiger partial charge on any atom is 0.191 e. The van der Waals surface area contributed by atoms with Gasteiger partial charge in [0.25, 0.3) is 0 Å². The first-order valence-corrected chi connectivity index (χ1v) is 5.68. The Hall–Kier alpha value is -2.13. The number of para-hydroxylation sites is 2. The van der Waals surface area contributed by atoms with Gasteiger partial charge in [-0.3, -0.25) is 5.43 Å². The van der Waals surface area contributed by atoms with Crippen molar-refractivity contribution in [3.8, 4) is 11.8 Å². The van der Waals surface area contributed by atoms with Crippen molar-refractivity contribution in [3.05, 3.63) is 24.3 Å². The van der Waals surface area contributed by atoms with Crippen molar-refractivity contribution < 1.29 is 4.74 Å². The van der Waals surface area contributed by atoms with Crippen LogP contribution in [-0.4, -0.2) is 17.9 Å². The molecule has 0 aliphatic heterocycles. The maximum absolute atomic E-state index is 8.48. The van der Waals surface area contributed by atoms with E-state index in [9.17, 15) is 0 Å². The molecule has 94 valence electrons. The Kier molecular flexibility index (Phi) is 5.61. The van der Waals surface area contributed by atoms with Crippen molar-refractivity contribution in [3.63, 3.8) is 0 Å². The Labute approximate surface area is 111 Å². The minimum atomic E-state index is 0.268. The highest BCUT2D eigenvalue weighted by Crippen LogP contribution is 2.22. The van der Waals surface area contributed by atoms with Crippen LogP contribution < -0.4 is 15.5 Å². The number of nitrogens with one attached hydrogen (secondary N) is 2. The minimum absolute atomic E-state index is 0.268. The van der Waals surface area contributed by atoms with Crippen LogP contribution in [0.5, 0.6) is 5.75 Å². The van der Waals surface area contributed by atoms with Crippen LogP contribution in [0, 0.1) is 11.3 Å². The summed E-state index contributed by atoms with van der Waals surface area (Å²) in [5.74, 6) is 0.694. The number of ether oxygens (including phenoxy) is 1. The molecule has 1 rings (SSSR count). The molecule has 1 aromatic carbocycles. The van der Waals surface area contributed by atoms with Crippen molar-refractivity contribution in [1.82, 2.24) is 5.43 Å². The Bertz CT molecular complexity index is 493. The number of nitriles is 1. The molecular weight excluding hydrogens is 248 g/mol. The second-order valence-electron chi connectivity index (χ2n) is 3.45. The molecule has 0 heterocycles. The fraction of sp³-hybridized carbons (Fsp3) is 0.250. The van der Waals surface area contributed by atoms with Gasteiger partial charge in [-0.1, -0.05) is 12.1 Å². The van der Waals surface area contributed by atoms with Crippen LogP contribution in [0.2, 0.25) is 0 Å². The fourth-order valence-electron chi connectivity index (χ4n) is 1.20. The largest absolute Gasteiger partial charge is 0.495 e. The third-order valence-corrected chi connectivity index (χ3v) is 2.23. The third-order valence-electron chi connectivity index (χ3n) is 2.04. The molecule has 0 aromatic heterocycles. The van der Waals surface area contributed by atoms with E-state index < -0.39 is 0 Å². The minimum Gasteiger partial charge on any atom is -0.495 e. The van der Waals surface area contributed by atoms with Crippen molar-refractivity contribution in [2.75, 3.05) is 12.4 Å². The van der Waals surface area contributed by atoms with Crippen LogP contribution in [0.25, 0.3) is 0 Å². The van der Waals surface area contributed by atoms with Gasteiger partial charge in [-0.25, -0.2) is 0 Å². The summed E-state index contributed by atoms with van der Waals surface area (Å²) < 4.78 is 5.18. The third kappa shape index (κ3) is 4.39. The lowest BCUT2D eigenvalue weighted by molar-refractivity contribution is 0.417. The summed E-state index contributed by atoms with van der Waals surface area (Å²) in [5, 5.41) is 15.8. The van der Waals surface area contributed by atoms with E-state index in [1.165, 1.54) is 0 Å². The molecular formula is C12H14N4OS. The highest BCUT2D eigenvalue weighted by molar-refractivity contribution is 7.80. The molecule has 0 fully saturated rings. The second kappa shape index (κ2) is 7.25. The van der Waals surface area contributed by atoms with Crippen molar-refractivity contribution in [1.29, 1.82) is 5.26 Å². The summed E-state index contributed by atoms with van der Waals surface area (Å²) in [6, 6.07) is 9.42. The Morgan fingerprint density at radius 1 is 1.50 bits per heavy atom. The summed E-state index contributed by atoms with van der Waals surface area (Å²) in [6.45, 7) is 1.75. The number of thiocarbonyl (C=S) groups is 1. The number of benzene rings is 1. The fourth-order valence-corrected chi connectivity index (χ4v) is 1.35. The van der Waals surface area contributed by atoms with E-state index in [2.05, 4.69) is 15.8 Å². The van der Waals surface area contributed by atoms with Gasteiger partial charge in [-0.15, -0.1) is 0 Å². The number of nitrogens with zero attached hydrogens (tertiary/aromatic N) is 2. The number of methoxy groups -OCH3 is 1. The maximum atomic E-state index is 8.48. The van der Waals surface area contributed by atoms with E-state index in [0.29, 0.717) is 16.6 Å². The van der Waals surface area contributed by atoms with Gasteiger partial charge in [0.15, 0.2) is 5.11 Å². The predicted molar refractivity (Wildman–Crippen MR) is 75.7 cm³/mol. The lowest BCUT2D eigenvalue weighted by Gasteiger charge is -2.11. The predicted octanol–water partition coefficient (Wildman–Crippen LogP) is 2.27. The van der Waals surface area contributed by atoms with Crippen LogP contribution >= 0.6 is 12.2 Å². The van der Waals surface area contributed by atoms with Gasteiger partial charge in [0.05, 0.1) is 25.3 Å². The molecule has 0 radical (unpaired) electrons. The quantitative estimate of drug-likeness (QED) is 0.495. The van der Waals surface area contributed by atoms with Crippen LogP contribution in [0.4, 0.5) is 5.69 Å². The van der Waals surface area contributed by atoms with Crippen LogP contribution in [-0.2, 0) is 0 Å². The molecule has 0 unspecified atom stereocenters. The average Bonchev–Trinajstić information content (AvgIpc) is 2.37. The van der Waals surface area contributed by atoms with E-state index in [1.54, 1.807) is 14.0 Å². The van der Waals surface area contributed by atoms with Gasteiger partial charge in [-0.05, 0) is 31.3 Å². The number of anilines is 1. The zero-order chi connectivity index (χ0) is 13.4.